The molecular weight excluding hydrogens is 270 g/mol. The van der Waals surface area contributed by atoms with Gasteiger partial charge in [0, 0.05) is 11.1 Å². The van der Waals surface area contributed by atoms with Gasteiger partial charge in [0.2, 0.25) is 5.88 Å². The summed E-state index contributed by atoms with van der Waals surface area (Å²) in [5, 5.41) is 6.51. The summed E-state index contributed by atoms with van der Waals surface area (Å²) < 4.78 is 5.00. The SMILES string of the molecule is Cc1noc(NC(=O)c2cc(Cl)nc(NN)c2)c1C. The molecule has 0 bridgehead atoms. The van der Waals surface area contributed by atoms with Crippen LogP contribution in [0.1, 0.15) is 21.6 Å². The van der Waals surface area contributed by atoms with E-state index in [9.17, 15) is 4.79 Å². The topological polar surface area (TPSA) is 106 Å². The second-order valence-corrected chi connectivity index (χ2v) is 4.27. The Bertz CT molecular complexity index is 626. The Morgan fingerprint density at radius 2 is 2.16 bits per heavy atom. The van der Waals surface area contributed by atoms with Crippen LogP contribution in [0.2, 0.25) is 5.15 Å². The molecule has 1 amide bonds. The van der Waals surface area contributed by atoms with E-state index in [1.807, 2.05) is 0 Å². The van der Waals surface area contributed by atoms with Gasteiger partial charge in [0.05, 0.1) is 5.69 Å². The summed E-state index contributed by atoms with van der Waals surface area (Å²) >= 11 is 5.79. The first kappa shape index (κ1) is 13.3. The van der Waals surface area contributed by atoms with Crippen LogP contribution in [0.4, 0.5) is 11.7 Å². The molecule has 2 rings (SSSR count). The van der Waals surface area contributed by atoms with Crippen molar-refractivity contribution in [2.75, 3.05) is 10.7 Å². The van der Waals surface area contributed by atoms with Crippen molar-refractivity contribution in [1.82, 2.24) is 10.1 Å². The smallest absolute Gasteiger partial charge is 0.258 e. The minimum absolute atomic E-state index is 0.158. The molecule has 0 unspecified atom stereocenters. The first-order chi connectivity index (χ1) is 9.01. The van der Waals surface area contributed by atoms with Crippen LogP contribution in [0, 0.1) is 13.8 Å². The lowest BCUT2D eigenvalue weighted by atomic mass is 10.2. The maximum atomic E-state index is 12.0. The number of aryl methyl sites for hydroxylation is 1. The van der Waals surface area contributed by atoms with Gasteiger partial charge in [-0.25, -0.2) is 10.8 Å². The van der Waals surface area contributed by atoms with Crippen LogP contribution in [0.25, 0.3) is 0 Å². The maximum Gasteiger partial charge on any atom is 0.258 e. The Hall–Kier alpha value is -2.12. The molecule has 0 aliphatic carbocycles. The Labute approximate surface area is 114 Å². The number of amides is 1. The zero-order valence-corrected chi connectivity index (χ0v) is 11.1. The number of nitrogen functional groups attached to an aromatic ring is 1. The summed E-state index contributed by atoms with van der Waals surface area (Å²) in [7, 11) is 0. The molecule has 7 nitrogen and oxygen atoms in total. The van der Waals surface area contributed by atoms with Crippen molar-refractivity contribution in [3.8, 4) is 0 Å². The van der Waals surface area contributed by atoms with Gasteiger partial charge in [0.15, 0.2) is 0 Å². The molecule has 0 aliphatic heterocycles. The van der Waals surface area contributed by atoms with Gasteiger partial charge in [-0.2, -0.15) is 0 Å². The second kappa shape index (κ2) is 5.25. The highest BCUT2D eigenvalue weighted by molar-refractivity contribution is 6.30. The number of nitrogens with one attached hydrogen (secondary N) is 2. The number of halogens is 1. The third-order valence-electron chi connectivity index (χ3n) is 2.59. The van der Waals surface area contributed by atoms with Crippen molar-refractivity contribution in [2.45, 2.75) is 13.8 Å². The van der Waals surface area contributed by atoms with Gasteiger partial charge >= 0.3 is 0 Å². The molecule has 0 aromatic carbocycles. The van der Waals surface area contributed by atoms with E-state index < -0.39 is 0 Å². The van der Waals surface area contributed by atoms with E-state index in [-0.39, 0.29) is 11.1 Å². The molecule has 100 valence electrons. The lowest BCUT2D eigenvalue weighted by Crippen LogP contribution is -2.14. The zero-order chi connectivity index (χ0) is 14.0. The summed E-state index contributed by atoms with van der Waals surface area (Å²) in [6.45, 7) is 3.59. The summed E-state index contributed by atoms with van der Waals surface area (Å²) in [5.74, 6) is 5.45. The fourth-order valence-corrected chi connectivity index (χ4v) is 1.62. The molecule has 0 fully saturated rings. The van der Waals surface area contributed by atoms with Gasteiger partial charge in [0.1, 0.15) is 11.0 Å². The van der Waals surface area contributed by atoms with Crippen molar-refractivity contribution in [3.05, 3.63) is 34.1 Å². The molecule has 0 spiro atoms. The number of rotatable bonds is 3. The Kier molecular flexibility index (Phi) is 3.68. The van der Waals surface area contributed by atoms with E-state index >= 15 is 0 Å². The van der Waals surface area contributed by atoms with Gasteiger partial charge in [-0.3, -0.25) is 10.1 Å². The molecule has 0 saturated heterocycles. The molecule has 19 heavy (non-hydrogen) atoms. The van der Waals surface area contributed by atoms with Gasteiger partial charge in [-0.1, -0.05) is 16.8 Å². The minimum Gasteiger partial charge on any atom is -0.338 e. The van der Waals surface area contributed by atoms with E-state index in [1.165, 1.54) is 12.1 Å². The van der Waals surface area contributed by atoms with Crippen LogP contribution in [0.5, 0.6) is 0 Å². The Morgan fingerprint density at radius 3 is 2.74 bits per heavy atom. The van der Waals surface area contributed by atoms with Gasteiger partial charge in [0.25, 0.3) is 5.91 Å². The summed E-state index contributed by atoms with van der Waals surface area (Å²) in [6, 6.07) is 2.90. The fraction of sp³-hybridized carbons (Fsp3) is 0.182. The molecule has 0 aliphatic rings. The number of hydrazine groups is 1. The predicted octanol–water partition coefficient (Wildman–Crippen LogP) is 1.88. The van der Waals surface area contributed by atoms with Crippen LogP contribution >= 0.6 is 11.6 Å². The highest BCUT2D eigenvalue weighted by atomic mass is 35.5. The van der Waals surface area contributed by atoms with E-state index in [0.717, 1.165) is 5.56 Å². The number of carbonyl (C=O) groups is 1. The van der Waals surface area contributed by atoms with Crippen molar-refractivity contribution in [3.63, 3.8) is 0 Å². The Morgan fingerprint density at radius 1 is 1.42 bits per heavy atom. The first-order valence-electron chi connectivity index (χ1n) is 5.39. The molecule has 2 aromatic heterocycles. The maximum absolute atomic E-state index is 12.0. The van der Waals surface area contributed by atoms with Crippen LogP contribution < -0.4 is 16.6 Å². The van der Waals surface area contributed by atoms with Gasteiger partial charge in [-0.05, 0) is 26.0 Å². The molecule has 0 saturated carbocycles. The number of pyridine rings is 1. The van der Waals surface area contributed by atoms with E-state index in [2.05, 4.69) is 20.9 Å². The quantitative estimate of drug-likeness (QED) is 0.450. The third-order valence-corrected chi connectivity index (χ3v) is 2.78. The highest BCUT2D eigenvalue weighted by Crippen LogP contribution is 2.20. The number of hydrogen-bond acceptors (Lipinski definition) is 6. The Balaban J connectivity index is 2.25. The monoisotopic (exact) mass is 281 g/mol. The van der Waals surface area contributed by atoms with Crippen LogP contribution in [0.3, 0.4) is 0 Å². The third kappa shape index (κ3) is 2.83. The predicted molar refractivity (Wildman–Crippen MR) is 71.0 cm³/mol. The molecule has 4 N–H and O–H groups in total. The number of aromatic nitrogens is 2. The molecule has 2 aromatic rings. The summed E-state index contributed by atoms with van der Waals surface area (Å²) in [4.78, 5) is 15.9. The summed E-state index contributed by atoms with van der Waals surface area (Å²) in [6.07, 6.45) is 0. The van der Waals surface area contributed by atoms with E-state index in [1.54, 1.807) is 13.8 Å². The average Bonchev–Trinajstić information content (AvgIpc) is 2.70. The minimum atomic E-state index is -0.389. The van der Waals surface area contributed by atoms with Crippen LogP contribution in [-0.4, -0.2) is 16.0 Å². The van der Waals surface area contributed by atoms with Crippen molar-refractivity contribution in [2.24, 2.45) is 5.84 Å². The number of hydrogen-bond donors (Lipinski definition) is 3. The van der Waals surface area contributed by atoms with E-state index in [0.29, 0.717) is 23.0 Å². The first-order valence-corrected chi connectivity index (χ1v) is 5.77. The average molecular weight is 282 g/mol. The number of carbonyl (C=O) groups excluding carboxylic acids is 1. The number of nitrogens with two attached hydrogens (primary N) is 1. The summed E-state index contributed by atoms with van der Waals surface area (Å²) in [5.41, 5.74) is 4.12. The molecule has 0 radical (unpaired) electrons. The normalized spacial score (nSPS) is 10.3. The highest BCUT2D eigenvalue weighted by Gasteiger charge is 2.14. The van der Waals surface area contributed by atoms with E-state index in [4.69, 9.17) is 22.0 Å². The van der Waals surface area contributed by atoms with Crippen molar-refractivity contribution >= 4 is 29.2 Å². The number of nitrogens with zero attached hydrogens (tertiary/aromatic N) is 2. The lowest BCUT2D eigenvalue weighted by molar-refractivity contribution is 0.102. The van der Waals surface area contributed by atoms with Crippen LogP contribution in [0.15, 0.2) is 16.7 Å². The second-order valence-electron chi connectivity index (χ2n) is 3.88. The molecule has 0 atom stereocenters. The standard InChI is InChI=1S/C11H12ClN5O2/c1-5-6(2)17-19-11(5)15-10(18)7-3-8(12)14-9(4-7)16-13/h3-4H,13H2,1-2H3,(H,14,16)(H,15,18). The zero-order valence-electron chi connectivity index (χ0n) is 10.3. The van der Waals surface area contributed by atoms with Gasteiger partial charge < -0.3 is 9.95 Å². The molecule has 8 heteroatoms. The fourth-order valence-electron chi connectivity index (χ4n) is 1.41. The molecular formula is C11H12ClN5O2. The largest absolute Gasteiger partial charge is 0.338 e. The van der Waals surface area contributed by atoms with Crippen LogP contribution in [-0.2, 0) is 0 Å². The van der Waals surface area contributed by atoms with Crippen molar-refractivity contribution in [1.29, 1.82) is 0 Å². The van der Waals surface area contributed by atoms with Crippen molar-refractivity contribution < 1.29 is 9.32 Å². The number of anilines is 2. The molecule has 2 heterocycles. The lowest BCUT2D eigenvalue weighted by Gasteiger charge is -2.05. The van der Waals surface area contributed by atoms with Gasteiger partial charge in [-0.15, -0.1) is 0 Å².